The smallest absolute Gasteiger partial charge is 0.226 e. The molecule has 0 aliphatic heterocycles. The van der Waals surface area contributed by atoms with E-state index in [1.54, 1.807) is 18.0 Å². The van der Waals surface area contributed by atoms with Gasteiger partial charge in [0.1, 0.15) is 0 Å². The van der Waals surface area contributed by atoms with Crippen molar-refractivity contribution >= 4 is 17.5 Å². The average molecular weight is 324 g/mol. The number of rotatable bonds is 9. The van der Waals surface area contributed by atoms with E-state index in [4.69, 9.17) is 11.6 Å². The molecule has 1 aromatic rings. The molecule has 4 heteroatoms. The first-order valence-corrected chi connectivity index (χ1v) is 8.22. The number of aliphatic hydroxyl groups excluding tert-OH is 1. The SMILES string of the molecule is C=CC[C@H](CCCCl)C(=O)N(C)[C@H](C)[C@@H](O)c1ccccc1. The van der Waals surface area contributed by atoms with Gasteiger partial charge in [0.25, 0.3) is 0 Å². The van der Waals surface area contributed by atoms with Gasteiger partial charge in [0.2, 0.25) is 5.91 Å². The summed E-state index contributed by atoms with van der Waals surface area (Å²) in [6, 6.07) is 9.12. The van der Waals surface area contributed by atoms with Crippen molar-refractivity contribution in [1.82, 2.24) is 4.90 Å². The molecule has 0 heterocycles. The molecule has 22 heavy (non-hydrogen) atoms. The van der Waals surface area contributed by atoms with Gasteiger partial charge in [-0.2, -0.15) is 0 Å². The Morgan fingerprint density at radius 3 is 2.59 bits per heavy atom. The average Bonchev–Trinajstić information content (AvgIpc) is 2.56. The van der Waals surface area contributed by atoms with Crippen molar-refractivity contribution in [2.75, 3.05) is 12.9 Å². The maximum atomic E-state index is 12.6. The first-order valence-electron chi connectivity index (χ1n) is 7.69. The summed E-state index contributed by atoms with van der Waals surface area (Å²) >= 11 is 5.73. The number of nitrogens with zero attached hydrogens (tertiary/aromatic N) is 1. The minimum absolute atomic E-state index is 0.0347. The molecule has 0 aliphatic rings. The number of carbonyl (C=O) groups excluding carboxylic acids is 1. The predicted octanol–water partition coefficient (Wildman–Crippen LogP) is 3.78. The van der Waals surface area contributed by atoms with Gasteiger partial charge < -0.3 is 10.0 Å². The minimum atomic E-state index is -0.701. The van der Waals surface area contributed by atoms with Crippen LogP contribution in [0.25, 0.3) is 0 Å². The zero-order chi connectivity index (χ0) is 16.5. The molecule has 0 saturated heterocycles. The van der Waals surface area contributed by atoms with E-state index < -0.39 is 6.10 Å². The highest BCUT2D eigenvalue weighted by molar-refractivity contribution is 6.17. The van der Waals surface area contributed by atoms with Crippen LogP contribution in [0.4, 0.5) is 0 Å². The third kappa shape index (κ3) is 5.15. The Bertz CT molecular complexity index is 463. The minimum Gasteiger partial charge on any atom is -0.386 e. The molecular formula is C18H26ClNO2. The van der Waals surface area contributed by atoms with Gasteiger partial charge in [0.05, 0.1) is 12.1 Å². The van der Waals surface area contributed by atoms with E-state index in [-0.39, 0.29) is 17.9 Å². The lowest BCUT2D eigenvalue weighted by Gasteiger charge is -2.32. The zero-order valence-electron chi connectivity index (χ0n) is 13.4. The van der Waals surface area contributed by atoms with Crippen LogP contribution in [-0.4, -0.2) is 34.9 Å². The van der Waals surface area contributed by atoms with Crippen LogP contribution in [-0.2, 0) is 4.79 Å². The van der Waals surface area contributed by atoms with Gasteiger partial charge in [-0.05, 0) is 31.7 Å². The Labute approximate surface area is 138 Å². The van der Waals surface area contributed by atoms with E-state index in [0.717, 1.165) is 18.4 Å². The highest BCUT2D eigenvalue weighted by Crippen LogP contribution is 2.23. The summed E-state index contributed by atoms with van der Waals surface area (Å²) in [6.45, 7) is 5.59. The van der Waals surface area contributed by atoms with E-state index in [9.17, 15) is 9.90 Å². The Morgan fingerprint density at radius 2 is 2.05 bits per heavy atom. The van der Waals surface area contributed by atoms with E-state index >= 15 is 0 Å². The fraction of sp³-hybridized carbons (Fsp3) is 0.500. The monoisotopic (exact) mass is 323 g/mol. The summed E-state index contributed by atoms with van der Waals surface area (Å²) < 4.78 is 0. The van der Waals surface area contributed by atoms with Gasteiger partial charge in [-0.25, -0.2) is 0 Å². The maximum absolute atomic E-state index is 12.6. The number of hydrogen-bond donors (Lipinski definition) is 1. The normalized spacial score (nSPS) is 14.9. The van der Waals surface area contributed by atoms with Gasteiger partial charge in [0, 0.05) is 18.8 Å². The van der Waals surface area contributed by atoms with Crippen LogP contribution in [0.1, 0.15) is 37.9 Å². The number of hydrogen-bond acceptors (Lipinski definition) is 2. The molecule has 0 saturated carbocycles. The second-order valence-corrected chi connectivity index (χ2v) is 5.98. The first kappa shape index (κ1) is 18.7. The van der Waals surface area contributed by atoms with Crippen molar-refractivity contribution < 1.29 is 9.90 Å². The Hall–Kier alpha value is -1.32. The van der Waals surface area contributed by atoms with Gasteiger partial charge >= 0.3 is 0 Å². The third-order valence-electron chi connectivity index (χ3n) is 4.04. The molecule has 0 bridgehead atoms. The molecule has 1 rings (SSSR count). The van der Waals surface area contributed by atoms with Gasteiger partial charge in [0.15, 0.2) is 0 Å². The number of likely N-dealkylation sites (N-methyl/N-ethyl adjacent to an activating group) is 1. The highest BCUT2D eigenvalue weighted by atomic mass is 35.5. The molecule has 1 N–H and O–H groups in total. The fourth-order valence-corrected chi connectivity index (χ4v) is 2.65. The largest absolute Gasteiger partial charge is 0.386 e. The number of carbonyl (C=O) groups is 1. The van der Waals surface area contributed by atoms with Crippen molar-refractivity contribution in [3.8, 4) is 0 Å². The third-order valence-corrected chi connectivity index (χ3v) is 4.31. The van der Waals surface area contributed by atoms with Crippen molar-refractivity contribution in [1.29, 1.82) is 0 Å². The highest BCUT2D eigenvalue weighted by Gasteiger charge is 2.28. The lowest BCUT2D eigenvalue weighted by molar-refractivity contribution is -0.138. The van der Waals surface area contributed by atoms with Crippen molar-refractivity contribution in [3.63, 3.8) is 0 Å². The summed E-state index contributed by atoms with van der Waals surface area (Å²) in [5.74, 6) is 0.464. The summed E-state index contributed by atoms with van der Waals surface area (Å²) in [5.41, 5.74) is 0.815. The van der Waals surface area contributed by atoms with E-state index in [1.807, 2.05) is 37.3 Å². The van der Waals surface area contributed by atoms with Crippen LogP contribution in [0.2, 0.25) is 0 Å². The molecule has 1 aromatic carbocycles. The van der Waals surface area contributed by atoms with Crippen LogP contribution in [0.3, 0.4) is 0 Å². The number of aliphatic hydroxyl groups is 1. The number of allylic oxidation sites excluding steroid dienone is 1. The quantitative estimate of drug-likeness (QED) is 0.555. The number of halogens is 1. The summed E-state index contributed by atoms with van der Waals surface area (Å²) in [5, 5.41) is 10.5. The summed E-state index contributed by atoms with van der Waals surface area (Å²) in [4.78, 5) is 14.3. The molecule has 3 nitrogen and oxygen atoms in total. The second-order valence-electron chi connectivity index (χ2n) is 5.60. The van der Waals surface area contributed by atoms with Gasteiger partial charge in [-0.1, -0.05) is 36.4 Å². The lowest BCUT2D eigenvalue weighted by Crippen LogP contribution is -2.42. The Balaban J connectivity index is 2.76. The molecule has 0 fully saturated rings. The number of alkyl halides is 1. The van der Waals surface area contributed by atoms with Crippen LogP contribution in [0, 0.1) is 5.92 Å². The molecule has 1 amide bonds. The Kier molecular flexibility index (Phi) is 8.21. The molecule has 0 radical (unpaired) electrons. The second kappa shape index (κ2) is 9.65. The zero-order valence-corrected chi connectivity index (χ0v) is 14.2. The standard InChI is InChI=1S/C18H26ClNO2/c1-4-9-16(12-8-13-19)18(22)20(3)14(2)17(21)15-10-6-5-7-11-15/h4-7,10-11,14,16-17,21H,1,8-9,12-13H2,2-3H3/t14-,16-,17-/m1/s1. The molecular weight excluding hydrogens is 298 g/mol. The topological polar surface area (TPSA) is 40.5 Å². The predicted molar refractivity (Wildman–Crippen MR) is 91.9 cm³/mol. The van der Waals surface area contributed by atoms with E-state index in [0.29, 0.717) is 12.3 Å². The lowest BCUT2D eigenvalue weighted by atomic mass is 9.96. The van der Waals surface area contributed by atoms with Gasteiger partial charge in [-0.15, -0.1) is 18.2 Å². The summed E-state index contributed by atoms with van der Waals surface area (Å²) in [6.07, 6.45) is 3.24. The number of benzene rings is 1. The van der Waals surface area contributed by atoms with Crippen molar-refractivity contribution in [3.05, 3.63) is 48.6 Å². The van der Waals surface area contributed by atoms with Gasteiger partial charge in [-0.3, -0.25) is 4.79 Å². The van der Waals surface area contributed by atoms with E-state index in [2.05, 4.69) is 6.58 Å². The molecule has 122 valence electrons. The van der Waals surface area contributed by atoms with Crippen LogP contribution < -0.4 is 0 Å². The fourth-order valence-electron chi connectivity index (χ4n) is 2.50. The first-order chi connectivity index (χ1) is 10.5. The van der Waals surface area contributed by atoms with E-state index in [1.165, 1.54) is 0 Å². The molecule has 0 aliphatic carbocycles. The van der Waals surface area contributed by atoms with Crippen LogP contribution >= 0.6 is 11.6 Å². The summed E-state index contributed by atoms with van der Waals surface area (Å²) in [7, 11) is 1.75. The van der Waals surface area contributed by atoms with Crippen molar-refractivity contribution in [2.24, 2.45) is 5.92 Å². The maximum Gasteiger partial charge on any atom is 0.226 e. The van der Waals surface area contributed by atoms with Crippen molar-refractivity contribution in [2.45, 2.75) is 38.3 Å². The van der Waals surface area contributed by atoms with Crippen LogP contribution in [0.5, 0.6) is 0 Å². The molecule has 3 atom stereocenters. The number of amides is 1. The molecule has 0 spiro atoms. The molecule has 0 aromatic heterocycles. The molecule has 0 unspecified atom stereocenters. The van der Waals surface area contributed by atoms with Crippen LogP contribution in [0.15, 0.2) is 43.0 Å². The Morgan fingerprint density at radius 1 is 1.41 bits per heavy atom.